The van der Waals surface area contributed by atoms with Gasteiger partial charge in [-0.1, -0.05) is 0 Å². The molecule has 1 amide bonds. The van der Waals surface area contributed by atoms with Crippen LogP contribution in [0.4, 0.5) is 0 Å². The summed E-state index contributed by atoms with van der Waals surface area (Å²) in [7, 11) is 2.73. The number of carbonyl (C=O) groups is 1. The molecular formula is C13H18ClNO4S. The average molecular weight is 320 g/mol. The van der Waals surface area contributed by atoms with Crippen LogP contribution >= 0.6 is 10.7 Å². The van der Waals surface area contributed by atoms with E-state index >= 15 is 0 Å². The Bertz CT molecular complexity index is 598. The smallest absolute Gasteiger partial charge is 0.265 e. The Kier molecular flexibility index (Phi) is 5.42. The minimum absolute atomic E-state index is 0.0191. The van der Waals surface area contributed by atoms with E-state index in [1.54, 1.807) is 4.90 Å². The van der Waals surface area contributed by atoms with Gasteiger partial charge in [-0.25, -0.2) is 8.42 Å². The molecule has 0 heterocycles. The number of amides is 1. The van der Waals surface area contributed by atoms with E-state index in [0.29, 0.717) is 6.54 Å². The molecule has 0 spiro atoms. The molecule has 0 saturated carbocycles. The molecule has 7 heteroatoms. The fraction of sp³-hybridized carbons (Fsp3) is 0.462. The molecule has 0 bridgehead atoms. The van der Waals surface area contributed by atoms with Crippen molar-refractivity contribution in [2.24, 2.45) is 0 Å². The van der Waals surface area contributed by atoms with Crippen LogP contribution in [0.25, 0.3) is 0 Å². The van der Waals surface area contributed by atoms with E-state index < -0.39 is 9.05 Å². The van der Waals surface area contributed by atoms with Gasteiger partial charge in [-0.15, -0.1) is 0 Å². The van der Waals surface area contributed by atoms with E-state index in [-0.39, 0.29) is 28.2 Å². The van der Waals surface area contributed by atoms with E-state index in [2.05, 4.69) is 0 Å². The first kappa shape index (κ1) is 16.8. The van der Waals surface area contributed by atoms with E-state index in [1.165, 1.54) is 25.3 Å². The number of hydrogen-bond donors (Lipinski definition) is 0. The van der Waals surface area contributed by atoms with Gasteiger partial charge in [0.2, 0.25) is 0 Å². The van der Waals surface area contributed by atoms with E-state index in [9.17, 15) is 13.2 Å². The molecule has 0 N–H and O–H groups in total. The van der Waals surface area contributed by atoms with Crippen LogP contribution in [0.1, 0.15) is 31.1 Å². The molecule has 20 heavy (non-hydrogen) atoms. The van der Waals surface area contributed by atoms with Crippen LogP contribution in [-0.4, -0.2) is 38.9 Å². The molecule has 1 aromatic rings. The lowest BCUT2D eigenvalue weighted by Crippen LogP contribution is -2.36. The molecule has 1 rings (SSSR count). The lowest BCUT2D eigenvalue weighted by atomic mass is 10.1. The first-order chi connectivity index (χ1) is 9.22. The molecule has 0 unspecified atom stereocenters. The van der Waals surface area contributed by atoms with Crippen molar-refractivity contribution in [2.45, 2.75) is 31.7 Å². The summed E-state index contributed by atoms with van der Waals surface area (Å²) in [5.74, 6) is -0.129. The molecule has 0 aliphatic carbocycles. The highest BCUT2D eigenvalue weighted by molar-refractivity contribution is 8.13. The van der Waals surface area contributed by atoms with Crippen molar-refractivity contribution in [3.05, 3.63) is 23.8 Å². The second-order valence-corrected chi connectivity index (χ2v) is 7.02. The molecule has 5 nitrogen and oxygen atoms in total. The van der Waals surface area contributed by atoms with Crippen LogP contribution in [0.15, 0.2) is 23.1 Å². The lowest BCUT2D eigenvalue weighted by Gasteiger charge is -2.25. The standard InChI is InChI=1S/C13H18ClNO4S/c1-5-15(9(2)3)13(16)10-6-7-11(19-4)12(8-10)20(14,17)18/h6-9H,5H2,1-4H3. The van der Waals surface area contributed by atoms with Crippen LogP contribution in [0.5, 0.6) is 5.75 Å². The maximum atomic E-state index is 12.3. The Morgan fingerprint density at radius 3 is 2.40 bits per heavy atom. The Morgan fingerprint density at radius 2 is 2.00 bits per heavy atom. The number of nitrogens with zero attached hydrogens (tertiary/aromatic N) is 1. The zero-order valence-corrected chi connectivity index (χ0v) is 13.5. The number of halogens is 1. The molecule has 0 aromatic heterocycles. The third-order valence-electron chi connectivity index (χ3n) is 2.90. The van der Waals surface area contributed by atoms with Gasteiger partial charge in [0.1, 0.15) is 10.6 Å². The van der Waals surface area contributed by atoms with Gasteiger partial charge >= 0.3 is 0 Å². The number of hydrogen-bond acceptors (Lipinski definition) is 4. The van der Waals surface area contributed by atoms with Crippen molar-refractivity contribution >= 4 is 25.6 Å². The van der Waals surface area contributed by atoms with Crippen LogP contribution in [0, 0.1) is 0 Å². The van der Waals surface area contributed by atoms with Gasteiger partial charge in [0.15, 0.2) is 0 Å². The quantitative estimate of drug-likeness (QED) is 0.782. The third-order valence-corrected chi connectivity index (χ3v) is 4.24. The number of benzene rings is 1. The minimum Gasteiger partial charge on any atom is -0.495 e. The fourth-order valence-electron chi connectivity index (χ4n) is 1.91. The van der Waals surface area contributed by atoms with Crippen LogP contribution in [0.2, 0.25) is 0 Å². The maximum absolute atomic E-state index is 12.3. The Hall–Kier alpha value is -1.27. The molecule has 0 atom stereocenters. The summed E-state index contributed by atoms with van der Waals surface area (Å²) >= 11 is 0. The number of carbonyl (C=O) groups excluding carboxylic acids is 1. The largest absolute Gasteiger partial charge is 0.495 e. The predicted octanol–water partition coefficient (Wildman–Crippen LogP) is 2.49. The van der Waals surface area contributed by atoms with Gasteiger partial charge in [0, 0.05) is 28.8 Å². The predicted molar refractivity (Wildman–Crippen MR) is 77.9 cm³/mol. The normalized spacial score (nSPS) is 11.5. The average Bonchev–Trinajstić information content (AvgIpc) is 2.37. The lowest BCUT2D eigenvalue weighted by molar-refractivity contribution is 0.0716. The van der Waals surface area contributed by atoms with Gasteiger partial charge in [-0.3, -0.25) is 4.79 Å². The van der Waals surface area contributed by atoms with Crippen molar-refractivity contribution in [2.75, 3.05) is 13.7 Å². The van der Waals surface area contributed by atoms with Crippen LogP contribution in [0.3, 0.4) is 0 Å². The van der Waals surface area contributed by atoms with Crippen molar-refractivity contribution in [3.8, 4) is 5.75 Å². The first-order valence-electron chi connectivity index (χ1n) is 6.16. The van der Waals surface area contributed by atoms with Crippen molar-refractivity contribution < 1.29 is 17.9 Å². The van der Waals surface area contributed by atoms with Gasteiger partial charge in [0.05, 0.1) is 7.11 Å². The molecule has 112 valence electrons. The van der Waals surface area contributed by atoms with Crippen molar-refractivity contribution in [1.29, 1.82) is 0 Å². The summed E-state index contributed by atoms with van der Waals surface area (Å²) in [5.41, 5.74) is 0.264. The molecule has 0 radical (unpaired) electrons. The number of rotatable bonds is 5. The van der Waals surface area contributed by atoms with E-state index in [1.807, 2.05) is 20.8 Å². The van der Waals surface area contributed by atoms with E-state index in [0.717, 1.165) is 0 Å². The molecule has 0 aliphatic heterocycles. The summed E-state index contributed by atoms with van der Waals surface area (Å²) in [6.45, 7) is 6.18. The highest BCUT2D eigenvalue weighted by Gasteiger charge is 2.22. The highest BCUT2D eigenvalue weighted by Crippen LogP contribution is 2.28. The first-order valence-corrected chi connectivity index (χ1v) is 8.47. The van der Waals surface area contributed by atoms with Gasteiger partial charge in [-0.2, -0.15) is 0 Å². The Morgan fingerprint density at radius 1 is 1.40 bits per heavy atom. The monoisotopic (exact) mass is 319 g/mol. The molecule has 0 saturated heterocycles. The summed E-state index contributed by atoms with van der Waals surface area (Å²) in [6.07, 6.45) is 0. The fourth-order valence-corrected chi connectivity index (χ4v) is 2.93. The van der Waals surface area contributed by atoms with Gasteiger partial charge in [0.25, 0.3) is 15.0 Å². The molecular weight excluding hydrogens is 302 g/mol. The third kappa shape index (κ3) is 3.64. The topological polar surface area (TPSA) is 63.7 Å². The second-order valence-electron chi connectivity index (χ2n) is 4.49. The molecule has 1 aromatic carbocycles. The second kappa shape index (κ2) is 6.45. The number of methoxy groups -OCH3 is 1. The SMILES string of the molecule is CCN(C(=O)c1ccc(OC)c(S(=O)(=O)Cl)c1)C(C)C. The molecule has 0 aliphatic rings. The summed E-state index contributed by atoms with van der Waals surface area (Å²) in [5, 5.41) is 0. The van der Waals surface area contributed by atoms with Crippen LogP contribution < -0.4 is 4.74 Å². The van der Waals surface area contributed by atoms with Crippen LogP contribution in [-0.2, 0) is 9.05 Å². The Labute approximate surface area is 123 Å². The summed E-state index contributed by atoms with van der Waals surface area (Å²) in [6, 6.07) is 4.22. The zero-order chi connectivity index (χ0) is 15.5. The van der Waals surface area contributed by atoms with Crippen molar-refractivity contribution in [3.63, 3.8) is 0 Å². The van der Waals surface area contributed by atoms with Gasteiger partial charge in [-0.05, 0) is 39.0 Å². The highest BCUT2D eigenvalue weighted by atomic mass is 35.7. The zero-order valence-electron chi connectivity index (χ0n) is 11.9. The number of ether oxygens (including phenoxy) is 1. The summed E-state index contributed by atoms with van der Waals surface area (Å²) < 4.78 is 28.0. The Balaban J connectivity index is 3.32. The minimum atomic E-state index is -3.98. The maximum Gasteiger partial charge on any atom is 0.265 e. The summed E-state index contributed by atoms with van der Waals surface area (Å²) in [4.78, 5) is 13.8. The molecule has 0 fully saturated rings. The van der Waals surface area contributed by atoms with Gasteiger partial charge < -0.3 is 9.64 Å². The van der Waals surface area contributed by atoms with E-state index in [4.69, 9.17) is 15.4 Å². The van der Waals surface area contributed by atoms with Crippen molar-refractivity contribution in [1.82, 2.24) is 4.90 Å².